The number of anilines is 1. The van der Waals surface area contributed by atoms with Crippen molar-refractivity contribution in [2.75, 3.05) is 51.2 Å². The zero-order chi connectivity index (χ0) is 19.2. The number of carbonyl (C=O) groups is 1. The Kier molecular flexibility index (Phi) is 9.66. The van der Waals surface area contributed by atoms with E-state index in [0.29, 0.717) is 6.54 Å². The summed E-state index contributed by atoms with van der Waals surface area (Å²) in [6.45, 7) is 10.7. The van der Waals surface area contributed by atoms with Gasteiger partial charge in [0, 0.05) is 50.5 Å². The van der Waals surface area contributed by atoms with Gasteiger partial charge in [-0.25, -0.2) is 0 Å². The van der Waals surface area contributed by atoms with Crippen molar-refractivity contribution in [2.24, 2.45) is 10.4 Å². The maximum atomic E-state index is 12.0. The number of nitrogens with one attached hydrogen (secondary N) is 2. The first-order valence-electron chi connectivity index (χ1n) is 9.13. The lowest BCUT2D eigenvalue weighted by Crippen LogP contribution is -2.53. The van der Waals surface area contributed by atoms with Crippen LogP contribution < -0.4 is 15.5 Å². The quantitative estimate of drug-likeness (QED) is 0.366. The van der Waals surface area contributed by atoms with E-state index in [-0.39, 0.29) is 29.9 Å². The van der Waals surface area contributed by atoms with Gasteiger partial charge in [0.05, 0.1) is 12.0 Å². The second-order valence-corrected chi connectivity index (χ2v) is 7.52. The summed E-state index contributed by atoms with van der Waals surface area (Å²) in [6.07, 6.45) is 0. The molecule has 0 spiro atoms. The van der Waals surface area contributed by atoms with Crippen LogP contribution in [-0.2, 0) is 4.79 Å². The highest BCUT2D eigenvalue weighted by Crippen LogP contribution is 2.21. The Hall–Kier alpha value is -1.22. The van der Waals surface area contributed by atoms with E-state index in [1.54, 1.807) is 7.05 Å². The molecule has 1 amide bonds. The van der Waals surface area contributed by atoms with E-state index in [1.165, 1.54) is 0 Å². The van der Waals surface area contributed by atoms with E-state index in [1.807, 2.05) is 32.0 Å². The van der Waals surface area contributed by atoms with Crippen molar-refractivity contribution in [3.8, 4) is 0 Å². The van der Waals surface area contributed by atoms with Gasteiger partial charge >= 0.3 is 0 Å². The first kappa shape index (κ1) is 23.8. The molecule has 152 valence electrons. The Morgan fingerprint density at radius 1 is 1.26 bits per heavy atom. The zero-order valence-corrected chi connectivity index (χ0v) is 19.7. The average Bonchev–Trinajstić information content (AvgIpc) is 2.64. The fraction of sp³-hybridized carbons (Fsp3) is 0.579. The lowest BCUT2D eigenvalue weighted by Gasteiger charge is -2.38. The minimum Gasteiger partial charge on any atom is -0.368 e. The van der Waals surface area contributed by atoms with Crippen molar-refractivity contribution in [3.63, 3.8) is 0 Å². The van der Waals surface area contributed by atoms with Gasteiger partial charge in [-0.3, -0.25) is 9.79 Å². The lowest BCUT2D eigenvalue weighted by molar-refractivity contribution is -0.128. The van der Waals surface area contributed by atoms with Crippen LogP contribution >= 0.6 is 35.6 Å². The van der Waals surface area contributed by atoms with Gasteiger partial charge in [-0.2, -0.15) is 0 Å². The second kappa shape index (κ2) is 10.9. The summed E-state index contributed by atoms with van der Waals surface area (Å²) in [5, 5.41) is 6.82. The van der Waals surface area contributed by atoms with Crippen molar-refractivity contribution in [1.29, 1.82) is 0 Å². The first-order chi connectivity index (χ1) is 12.4. The molecule has 0 aromatic heterocycles. The number of rotatable bonds is 5. The molecule has 1 saturated heterocycles. The number of amides is 1. The first-order valence-corrected chi connectivity index (χ1v) is 9.51. The van der Waals surface area contributed by atoms with Gasteiger partial charge in [-0.05, 0) is 39.0 Å². The van der Waals surface area contributed by atoms with E-state index >= 15 is 0 Å². The zero-order valence-electron chi connectivity index (χ0n) is 16.6. The predicted molar refractivity (Wildman–Crippen MR) is 124 cm³/mol. The van der Waals surface area contributed by atoms with E-state index in [4.69, 9.17) is 16.6 Å². The van der Waals surface area contributed by atoms with Crippen LogP contribution in [0.5, 0.6) is 0 Å². The van der Waals surface area contributed by atoms with Crippen LogP contribution in [0.2, 0.25) is 5.02 Å². The monoisotopic (exact) mass is 507 g/mol. The molecule has 0 bridgehead atoms. The van der Waals surface area contributed by atoms with E-state index in [9.17, 15) is 4.79 Å². The highest BCUT2D eigenvalue weighted by molar-refractivity contribution is 14.0. The molecule has 0 atom stereocenters. The molecule has 1 aliphatic heterocycles. The number of nitrogens with zero attached hydrogens (tertiary/aromatic N) is 3. The van der Waals surface area contributed by atoms with Gasteiger partial charge in [0.2, 0.25) is 5.91 Å². The average molecular weight is 508 g/mol. The molecule has 2 N–H and O–H groups in total. The molecule has 0 unspecified atom stereocenters. The third-order valence-electron chi connectivity index (χ3n) is 4.55. The van der Waals surface area contributed by atoms with Crippen molar-refractivity contribution in [3.05, 3.63) is 29.3 Å². The summed E-state index contributed by atoms with van der Waals surface area (Å²) in [5.74, 6) is 0.873. The van der Waals surface area contributed by atoms with Crippen molar-refractivity contribution < 1.29 is 4.79 Å². The maximum Gasteiger partial charge on any atom is 0.227 e. The third-order valence-corrected chi connectivity index (χ3v) is 4.79. The van der Waals surface area contributed by atoms with Crippen LogP contribution in [0.3, 0.4) is 0 Å². The van der Waals surface area contributed by atoms with Gasteiger partial charge in [-0.1, -0.05) is 17.7 Å². The fourth-order valence-corrected chi connectivity index (χ4v) is 3.14. The Labute approximate surface area is 184 Å². The number of carbonyl (C=O) groups excluding carboxylic acids is 1. The summed E-state index contributed by atoms with van der Waals surface area (Å²) in [5.41, 5.74) is 0.623. The molecule has 1 aromatic carbocycles. The summed E-state index contributed by atoms with van der Waals surface area (Å²) in [7, 11) is 1.66. The minimum atomic E-state index is -0.530. The number of benzene rings is 1. The second-order valence-electron chi connectivity index (χ2n) is 7.09. The molecular weight excluding hydrogens is 477 g/mol. The Morgan fingerprint density at radius 2 is 1.93 bits per heavy atom. The van der Waals surface area contributed by atoms with E-state index < -0.39 is 5.41 Å². The van der Waals surface area contributed by atoms with E-state index in [0.717, 1.165) is 49.4 Å². The molecular formula is C19H31ClIN5O. The molecule has 27 heavy (non-hydrogen) atoms. The largest absolute Gasteiger partial charge is 0.368 e. The van der Waals surface area contributed by atoms with E-state index in [2.05, 4.69) is 33.4 Å². The number of hydrogen-bond acceptors (Lipinski definition) is 3. The predicted octanol–water partition coefficient (Wildman–Crippen LogP) is 2.82. The number of guanidine groups is 1. The Morgan fingerprint density at radius 3 is 2.48 bits per heavy atom. The number of hydrogen-bond donors (Lipinski definition) is 2. The summed E-state index contributed by atoms with van der Waals surface area (Å²) < 4.78 is 0. The summed E-state index contributed by atoms with van der Waals surface area (Å²) in [4.78, 5) is 21.3. The minimum absolute atomic E-state index is 0. The molecule has 0 radical (unpaired) electrons. The smallest absolute Gasteiger partial charge is 0.227 e. The fourth-order valence-electron chi connectivity index (χ4n) is 2.96. The molecule has 1 aromatic rings. The number of halogens is 2. The van der Waals surface area contributed by atoms with Gasteiger partial charge in [0.25, 0.3) is 0 Å². The van der Waals surface area contributed by atoms with Crippen molar-refractivity contribution in [1.82, 2.24) is 15.5 Å². The Balaban J connectivity index is 0.00000364. The van der Waals surface area contributed by atoms with Crippen LogP contribution in [0.1, 0.15) is 20.8 Å². The molecule has 2 rings (SSSR count). The molecule has 1 heterocycles. The number of aliphatic imine (C=N–C) groups is 1. The van der Waals surface area contributed by atoms with Crippen LogP contribution in [0.15, 0.2) is 29.3 Å². The van der Waals surface area contributed by atoms with Gasteiger partial charge < -0.3 is 20.4 Å². The van der Waals surface area contributed by atoms with Crippen LogP contribution in [0.4, 0.5) is 5.69 Å². The summed E-state index contributed by atoms with van der Waals surface area (Å²) >= 11 is 6.11. The van der Waals surface area contributed by atoms with Crippen LogP contribution in [0.25, 0.3) is 0 Å². The van der Waals surface area contributed by atoms with Crippen molar-refractivity contribution >= 4 is 53.1 Å². The number of piperazine rings is 1. The van der Waals surface area contributed by atoms with Crippen molar-refractivity contribution in [2.45, 2.75) is 20.8 Å². The molecule has 0 aliphatic carbocycles. The lowest BCUT2D eigenvalue weighted by atomic mass is 9.93. The topological polar surface area (TPSA) is 60.0 Å². The maximum absolute atomic E-state index is 12.0. The van der Waals surface area contributed by atoms with Crippen LogP contribution in [0, 0.1) is 5.41 Å². The van der Waals surface area contributed by atoms with Gasteiger partial charge in [0.1, 0.15) is 0 Å². The highest BCUT2D eigenvalue weighted by atomic mass is 127. The standard InChI is InChI=1S/C19H30ClN5O.HI/c1-5-22-18(23-14-19(2,3)17(26)21-4)25-11-9-24(10-12-25)16-8-6-7-15(20)13-16;/h6-8,13H,5,9-12,14H2,1-4H3,(H,21,26)(H,22,23);1H. The molecule has 1 aliphatic rings. The molecule has 1 fully saturated rings. The SMILES string of the molecule is CCNC(=NCC(C)(C)C(=O)NC)N1CCN(c2cccc(Cl)c2)CC1.I. The van der Waals surface area contributed by atoms with Gasteiger partial charge in [0.15, 0.2) is 5.96 Å². The highest BCUT2D eigenvalue weighted by Gasteiger charge is 2.27. The Bertz CT molecular complexity index is 645. The summed E-state index contributed by atoms with van der Waals surface area (Å²) in [6, 6.07) is 7.97. The van der Waals surface area contributed by atoms with Crippen LogP contribution in [-0.4, -0.2) is 63.1 Å². The molecule has 8 heteroatoms. The third kappa shape index (κ3) is 6.71. The normalized spacial score (nSPS) is 15.2. The molecule has 6 nitrogen and oxygen atoms in total. The molecule has 0 saturated carbocycles. The van der Waals surface area contributed by atoms with Gasteiger partial charge in [-0.15, -0.1) is 24.0 Å².